The monoisotopic (exact) mass is 269 g/mol. The van der Waals surface area contributed by atoms with Crippen molar-refractivity contribution >= 4 is 22.4 Å². The second kappa shape index (κ2) is 4.85. The molecule has 1 unspecified atom stereocenters. The lowest BCUT2D eigenvalue weighted by Crippen LogP contribution is -2.40. The zero-order valence-electron chi connectivity index (χ0n) is 10.7. The number of carboxylic acids is 1. The number of aromatic nitrogens is 1. The van der Waals surface area contributed by atoms with Crippen LogP contribution < -0.4 is 10.6 Å². The van der Waals surface area contributed by atoms with Crippen molar-refractivity contribution < 1.29 is 9.90 Å². The summed E-state index contributed by atoms with van der Waals surface area (Å²) in [4.78, 5) is 17.4. The van der Waals surface area contributed by atoms with E-state index < -0.39 is 12.0 Å². The SMILES string of the molecule is CC1(C)CCCN(c2nc(C(N)C(=O)O)cs2)C1. The molecule has 2 heterocycles. The third-order valence-corrected chi connectivity index (χ3v) is 4.19. The molecule has 0 aromatic carbocycles. The molecule has 1 aromatic rings. The van der Waals surface area contributed by atoms with Crippen molar-refractivity contribution in [1.82, 2.24) is 4.98 Å². The summed E-state index contributed by atoms with van der Waals surface area (Å²) in [5.74, 6) is -1.04. The van der Waals surface area contributed by atoms with Crippen LogP contribution in [0.3, 0.4) is 0 Å². The average Bonchev–Trinajstić information content (AvgIpc) is 2.75. The first-order valence-corrected chi connectivity index (χ1v) is 6.96. The van der Waals surface area contributed by atoms with Gasteiger partial charge in [0.15, 0.2) is 5.13 Å². The molecule has 0 saturated carbocycles. The van der Waals surface area contributed by atoms with E-state index in [1.54, 1.807) is 5.38 Å². The molecular formula is C12H19N3O2S. The molecule has 100 valence electrons. The number of rotatable bonds is 3. The molecule has 0 spiro atoms. The highest BCUT2D eigenvalue weighted by atomic mass is 32.1. The van der Waals surface area contributed by atoms with Gasteiger partial charge in [-0.3, -0.25) is 4.79 Å². The van der Waals surface area contributed by atoms with Gasteiger partial charge in [0.2, 0.25) is 0 Å². The highest BCUT2D eigenvalue weighted by molar-refractivity contribution is 7.13. The number of hydrogen-bond acceptors (Lipinski definition) is 5. The lowest BCUT2D eigenvalue weighted by molar-refractivity contribution is -0.138. The first-order chi connectivity index (χ1) is 8.39. The molecule has 0 aliphatic carbocycles. The van der Waals surface area contributed by atoms with Crippen LogP contribution in [-0.4, -0.2) is 29.1 Å². The molecule has 2 rings (SSSR count). The Balaban J connectivity index is 2.12. The molecule has 0 amide bonds. The van der Waals surface area contributed by atoms with Crippen molar-refractivity contribution in [3.8, 4) is 0 Å². The quantitative estimate of drug-likeness (QED) is 0.875. The maximum atomic E-state index is 10.8. The maximum absolute atomic E-state index is 10.8. The van der Waals surface area contributed by atoms with Crippen LogP contribution in [0, 0.1) is 5.41 Å². The Bertz CT molecular complexity index is 444. The first-order valence-electron chi connectivity index (χ1n) is 6.08. The van der Waals surface area contributed by atoms with Crippen LogP contribution in [-0.2, 0) is 4.79 Å². The van der Waals surface area contributed by atoms with Gasteiger partial charge in [-0.25, -0.2) is 4.98 Å². The summed E-state index contributed by atoms with van der Waals surface area (Å²) in [6, 6.07) is -1.02. The van der Waals surface area contributed by atoms with Gasteiger partial charge in [-0.15, -0.1) is 11.3 Å². The molecule has 3 N–H and O–H groups in total. The number of aliphatic carboxylic acids is 1. The van der Waals surface area contributed by atoms with Gasteiger partial charge >= 0.3 is 5.97 Å². The Hall–Kier alpha value is -1.14. The van der Waals surface area contributed by atoms with Crippen molar-refractivity contribution in [2.45, 2.75) is 32.7 Å². The smallest absolute Gasteiger partial charge is 0.326 e. The Kier molecular flexibility index (Phi) is 3.59. The van der Waals surface area contributed by atoms with E-state index in [0.717, 1.165) is 24.6 Å². The second-order valence-electron chi connectivity index (χ2n) is 5.56. The molecule has 1 atom stereocenters. The Labute approximate surface area is 111 Å². The predicted molar refractivity (Wildman–Crippen MR) is 71.9 cm³/mol. The van der Waals surface area contributed by atoms with Gasteiger partial charge in [0.1, 0.15) is 6.04 Å². The van der Waals surface area contributed by atoms with Crippen molar-refractivity contribution in [3.63, 3.8) is 0 Å². The van der Waals surface area contributed by atoms with Crippen molar-refractivity contribution in [2.75, 3.05) is 18.0 Å². The van der Waals surface area contributed by atoms with Gasteiger partial charge in [0.05, 0.1) is 5.69 Å². The summed E-state index contributed by atoms with van der Waals surface area (Å²) in [5.41, 5.74) is 6.30. The molecule has 6 heteroatoms. The number of carbonyl (C=O) groups is 1. The van der Waals surface area contributed by atoms with Gasteiger partial charge in [0.25, 0.3) is 0 Å². The summed E-state index contributed by atoms with van der Waals surface area (Å²) in [6.45, 7) is 6.44. The third-order valence-electron chi connectivity index (χ3n) is 3.27. The van der Waals surface area contributed by atoms with Crippen molar-refractivity contribution in [3.05, 3.63) is 11.1 Å². The highest BCUT2D eigenvalue weighted by Crippen LogP contribution is 2.33. The highest BCUT2D eigenvalue weighted by Gasteiger charge is 2.28. The van der Waals surface area contributed by atoms with E-state index in [2.05, 4.69) is 23.7 Å². The molecule has 0 radical (unpaired) electrons. The van der Waals surface area contributed by atoms with Crippen LogP contribution in [0.5, 0.6) is 0 Å². The van der Waals surface area contributed by atoms with Crippen LogP contribution in [0.1, 0.15) is 38.4 Å². The zero-order valence-corrected chi connectivity index (χ0v) is 11.5. The van der Waals surface area contributed by atoms with E-state index in [1.807, 2.05) is 0 Å². The summed E-state index contributed by atoms with van der Waals surface area (Å²) < 4.78 is 0. The van der Waals surface area contributed by atoms with Gasteiger partial charge in [-0.2, -0.15) is 0 Å². The summed E-state index contributed by atoms with van der Waals surface area (Å²) in [6.07, 6.45) is 2.36. The fourth-order valence-electron chi connectivity index (χ4n) is 2.28. The minimum absolute atomic E-state index is 0.291. The number of nitrogens with zero attached hydrogens (tertiary/aromatic N) is 2. The van der Waals surface area contributed by atoms with Gasteiger partial charge < -0.3 is 15.7 Å². The largest absolute Gasteiger partial charge is 0.480 e. The molecule has 1 fully saturated rings. The van der Waals surface area contributed by atoms with Crippen LogP contribution in [0.15, 0.2) is 5.38 Å². The number of nitrogens with two attached hydrogens (primary N) is 1. The fourth-order valence-corrected chi connectivity index (χ4v) is 3.17. The Morgan fingerprint density at radius 3 is 3.00 bits per heavy atom. The average molecular weight is 269 g/mol. The maximum Gasteiger partial charge on any atom is 0.326 e. The summed E-state index contributed by atoms with van der Waals surface area (Å²) in [5, 5.41) is 11.5. The lowest BCUT2D eigenvalue weighted by atomic mass is 9.84. The number of thiazole rings is 1. The predicted octanol–water partition coefficient (Wildman–Crippen LogP) is 1.85. The zero-order chi connectivity index (χ0) is 13.3. The van der Waals surface area contributed by atoms with Crippen LogP contribution in [0.2, 0.25) is 0 Å². The van der Waals surface area contributed by atoms with Gasteiger partial charge in [-0.05, 0) is 18.3 Å². The number of piperidine rings is 1. The van der Waals surface area contributed by atoms with E-state index in [0.29, 0.717) is 11.1 Å². The first kappa shape index (κ1) is 13.3. The van der Waals surface area contributed by atoms with Gasteiger partial charge in [-0.1, -0.05) is 13.8 Å². The number of anilines is 1. The molecule has 1 saturated heterocycles. The summed E-state index contributed by atoms with van der Waals surface area (Å²) >= 11 is 1.47. The Morgan fingerprint density at radius 2 is 2.39 bits per heavy atom. The van der Waals surface area contributed by atoms with E-state index in [1.165, 1.54) is 17.8 Å². The van der Waals surface area contributed by atoms with E-state index >= 15 is 0 Å². The van der Waals surface area contributed by atoms with Crippen molar-refractivity contribution in [1.29, 1.82) is 0 Å². The molecule has 1 aromatic heterocycles. The topological polar surface area (TPSA) is 79.5 Å². The number of carboxylic acid groups (broad SMARTS) is 1. The Morgan fingerprint density at radius 1 is 1.67 bits per heavy atom. The standard InChI is InChI=1S/C12H19N3O2S/c1-12(2)4-3-5-15(7-12)11-14-8(6-18-11)9(13)10(16)17/h6,9H,3-5,7,13H2,1-2H3,(H,16,17). The normalized spacial score (nSPS) is 20.7. The molecule has 1 aliphatic rings. The van der Waals surface area contributed by atoms with Crippen molar-refractivity contribution in [2.24, 2.45) is 11.1 Å². The second-order valence-corrected chi connectivity index (χ2v) is 6.40. The minimum atomic E-state index is -1.04. The van der Waals surface area contributed by atoms with Crippen LogP contribution >= 0.6 is 11.3 Å². The van der Waals surface area contributed by atoms with Crippen LogP contribution in [0.25, 0.3) is 0 Å². The van der Waals surface area contributed by atoms with Gasteiger partial charge in [0, 0.05) is 18.5 Å². The van der Waals surface area contributed by atoms with E-state index in [9.17, 15) is 4.79 Å². The molecule has 18 heavy (non-hydrogen) atoms. The summed E-state index contributed by atoms with van der Waals surface area (Å²) in [7, 11) is 0. The molecule has 0 bridgehead atoms. The fraction of sp³-hybridized carbons (Fsp3) is 0.667. The minimum Gasteiger partial charge on any atom is -0.480 e. The van der Waals surface area contributed by atoms with E-state index in [4.69, 9.17) is 10.8 Å². The lowest BCUT2D eigenvalue weighted by Gasteiger charge is -2.37. The molecule has 1 aliphatic heterocycles. The van der Waals surface area contributed by atoms with Crippen LogP contribution in [0.4, 0.5) is 5.13 Å². The number of hydrogen-bond donors (Lipinski definition) is 2. The van der Waals surface area contributed by atoms with E-state index in [-0.39, 0.29) is 0 Å². The third kappa shape index (κ3) is 2.81. The molecule has 5 nitrogen and oxygen atoms in total. The molecular weight excluding hydrogens is 250 g/mol.